The minimum Gasteiger partial charge on any atom is -0.352 e. The van der Waals surface area contributed by atoms with Gasteiger partial charge in [-0.2, -0.15) is 0 Å². The molecule has 1 heterocycles. The monoisotopic (exact) mass is 157 g/mol. The van der Waals surface area contributed by atoms with Gasteiger partial charge in [0.05, 0.1) is 5.92 Å². The van der Waals surface area contributed by atoms with Gasteiger partial charge in [0, 0.05) is 25.7 Å². The van der Waals surface area contributed by atoms with Gasteiger partial charge in [0.25, 0.3) is 0 Å². The van der Waals surface area contributed by atoms with Crippen LogP contribution >= 0.6 is 0 Å². The molecule has 0 aromatic heterocycles. The molecular formula is C7H15N3O. The first-order chi connectivity index (χ1) is 5.24. The zero-order valence-corrected chi connectivity index (χ0v) is 6.76. The molecule has 4 nitrogen and oxygen atoms in total. The van der Waals surface area contributed by atoms with Gasteiger partial charge in [-0.3, -0.25) is 4.79 Å². The van der Waals surface area contributed by atoms with E-state index in [-0.39, 0.29) is 17.9 Å². The molecule has 0 bridgehead atoms. The summed E-state index contributed by atoms with van der Waals surface area (Å²) in [6.45, 7) is 4.03. The Kier molecular flexibility index (Phi) is 2.84. The largest absolute Gasteiger partial charge is 0.352 e. The number of carbonyl (C=O) groups is 1. The fourth-order valence-corrected chi connectivity index (χ4v) is 0.894. The number of nitrogens with one attached hydrogen (secondary N) is 2. The Morgan fingerprint density at radius 1 is 1.82 bits per heavy atom. The zero-order chi connectivity index (χ0) is 8.27. The van der Waals surface area contributed by atoms with Crippen molar-refractivity contribution >= 4 is 5.91 Å². The fraction of sp³-hybridized carbons (Fsp3) is 0.857. The summed E-state index contributed by atoms with van der Waals surface area (Å²) in [4.78, 5) is 11.2. The van der Waals surface area contributed by atoms with Crippen molar-refractivity contribution in [1.29, 1.82) is 0 Å². The molecule has 1 fully saturated rings. The first kappa shape index (κ1) is 8.49. The van der Waals surface area contributed by atoms with Crippen LogP contribution in [-0.4, -0.2) is 31.6 Å². The standard InChI is InChI=1S/C7H15N3O/c1-5(2-8)10-7(11)6-3-9-4-6/h5-6,9H,2-4,8H2,1H3,(H,10,11)/t5-/m0/s1. The van der Waals surface area contributed by atoms with Crippen molar-refractivity contribution < 1.29 is 4.79 Å². The molecule has 1 aliphatic rings. The maximum atomic E-state index is 11.2. The highest BCUT2D eigenvalue weighted by molar-refractivity contribution is 5.80. The van der Waals surface area contributed by atoms with Crippen LogP contribution in [0.25, 0.3) is 0 Å². The molecule has 0 aromatic carbocycles. The fourth-order valence-electron chi connectivity index (χ4n) is 0.894. The first-order valence-corrected chi connectivity index (χ1v) is 3.95. The van der Waals surface area contributed by atoms with Crippen molar-refractivity contribution in [2.24, 2.45) is 11.7 Å². The summed E-state index contributed by atoms with van der Waals surface area (Å²) >= 11 is 0. The van der Waals surface area contributed by atoms with Gasteiger partial charge in [0.1, 0.15) is 0 Å². The Morgan fingerprint density at radius 2 is 2.45 bits per heavy atom. The Balaban J connectivity index is 2.19. The van der Waals surface area contributed by atoms with Crippen LogP contribution < -0.4 is 16.4 Å². The smallest absolute Gasteiger partial charge is 0.225 e. The van der Waals surface area contributed by atoms with Gasteiger partial charge >= 0.3 is 0 Å². The summed E-state index contributed by atoms with van der Waals surface area (Å²) in [6, 6.07) is 0.100. The summed E-state index contributed by atoms with van der Waals surface area (Å²) < 4.78 is 0. The molecule has 64 valence electrons. The molecule has 0 spiro atoms. The predicted octanol–water partition coefficient (Wildman–Crippen LogP) is -1.33. The summed E-state index contributed by atoms with van der Waals surface area (Å²) in [5, 5.41) is 5.87. The summed E-state index contributed by atoms with van der Waals surface area (Å²) in [5.74, 6) is 0.297. The van der Waals surface area contributed by atoms with Gasteiger partial charge in [-0.05, 0) is 6.92 Å². The molecule has 1 aliphatic heterocycles. The summed E-state index contributed by atoms with van der Waals surface area (Å²) in [7, 11) is 0. The second-order valence-corrected chi connectivity index (χ2v) is 3.00. The Morgan fingerprint density at radius 3 is 2.82 bits per heavy atom. The number of carbonyl (C=O) groups excluding carboxylic acids is 1. The zero-order valence-electron chi connectivity index (χ0n) is 6.76. The highest BCUT2D eigenvalue weighted by Gasteiger charge is 2.25. The van der Waals surface area contributed by atoms with Gasteiger partial charge in [-0.15, -0.1) is 0 Å². The van der Waals surface area contributed by atoms with Crippen molar-refractivity contribution in [3.05, 3.63) is 0 Å². The molecule has 0 unspecified atom stereocenters. The predicted molar refractivity (Wildman–Crippen MR) is 43.0 cm³/mol. The third kappa shape index (κ3) is 2.17. The van der Waals surface area contributed by atoms with E-state index in [1.807, 2.05) is 6.92 Å². The van der Waals surface area contributed by atoms with Crippen molar-refractivity contribution in [1.82, 2.24) is 10.6 Å². The third-order valence-corrected chi connectivity index (χ3v) is 1.89. The average molecular weight is 157 g/mol. The molecule has 0 aliphatic carbocycles. The molecule has 1 saturated heterocycles. The van der Waals surface area contributed by atoms with Gasteiger partial charge in [-0.25, -0.2) is 0 Å². The van der Waals surface area contributed by atoms with E-state index in [2.05, 4.69) is 10.6 Å². The molecule has 4 N–H and O–H groups in total. The lowest BCUT2D eigenvalue weighted by atomic mass is 10.0. The lowest BCUT2D eigenvalue weighted by Crippen LogP contribution is -2.53. The highest BCUT2D eigenvalue weighted by Crippen LogP contribution is 2.02. The van der Waals surface area contributed by atoms with Crippen LogP contribution in [0.5, 0.6) is 0 Å². The lowest BCUT2D eigenvalue weighted by molar-refractivity contribution is -0.126. The van der Waals surface area contributed by atoms with E-state index in [1.54, 1.807) is 0 Å². The molecule has 0 radical (unpaired) electrons. The van der Waals surface area contributed by atoms with Crippen molar-refractivity contribution in [2.75, 3.05) is 19.6 Å². The van der Waals surface area contributed by atoms with E-state index in [0.29, 0.717) is 6.54 Å². The van der Waals surface area contributed by atoms with Gasteiger partial charge in [0.2, 0.25) is 5.91 Å². The topological polar surface area (TPSA) is 67.1 Å². The van der Waals surface area contributed by atoms with Crippen molar-refractivity contribution in [2.45, 2.75) is 13.0 Å². The molecule has 0 aromatic rings. The minimum absolute atomic E-state index is 0.100. The second-order valence-electron chi connectivity index (χ2n) is 3.00. The first-order valence-electron chi connectivity index (χ1n) is 3.95. The van der Waals surface area contributed by atoms with Crippen LogP contribution in [0.1, 0.15) is 6.92 Å². The van der Waals surface area contributed by atoms with Gasteiger partial charge < -0.3 is 16.4 Å². The van der Waals surface area contributed by atoms with E-state index in [0.717, 1.165) is 13.1 Å². The van der Waals surface area contributed by atoms with Crippen LogP contribution in [-0.2, 0) is 4.79 Å². The third-order valence-electron chi connectivity index (χ3n) is 1.89. The normalized spacial score (nSPS) is 20.5. The minimum atomic E-state index is 0.100. The average Bonchev–Trinajstić information content (AvgIpc) is 1.83. The van der Waals surface area contributed by atoms with Crippen LogP contribution in [0.2, 0.25) is 0 Å². The maximum absolute atomic E-state index is 11.2. The van der Waals surface area contributed by atoms with Crippen molar-refractivity contribution in [3.8, 4) is 0 Å². The Labute approximate surface area is 66.5 Å². The van der Waals surface area contributed by atoms with Crippen LogP contribution in [0, 0.1) is 5.92 Å². The molecule has 1 atom stereocenters. The molecule has 1 amide bonds. The van der Waals surface area contributed by atoms with E-state index in [1.165, 1.54) is 0 Å². The molecule has 1 rings (SSSR count). The number of nitrogens with two attached hydrogens (primary N) is 1. The Hall–Kier alpha value is -0.610. The van der Waals surface area contributed by atoms with Crippen molar-refractivity contribution in [3.63, 3.8) is 0 Å². The second kappa shape index (κ2) is 3.69. The molecule has 4 heteroatoms. The molecule has 0 saturated carbocycles. The van der Waals surface area contributed by atoms with Crippen LogP contribution in [0.3, 0.4) is 0 Å². The van der Waals surface area contributed by atoms with E-state index in [4.69, 9.17) is 5.73 Å². The van der Waals surface area contributed by atoms with E-state index >= 15 is 0 Å². The lowest BCUT2D eigenvalue weighted by Gasteiger charge is -2.27. The molecular weight excluding hydrogens is 142 g/mol. The summed E-state index contributed by atoms with van der Waals surface area (Å²) in [6.07, 6.45) is 0. The summed E-state index contributed by atoms with van der Waals surface area (Å²) in [5.41, 5.74) is 5.35. The quantitative estimate of drug-likeness (QED) is 0.475. The highest BCUT2D eigenvalue weighted by atomic mass is 16.2. The van der Waals surface area contributed by atoms with E-state index < -0.39 is 0 Å². The number of rotatable bonds is 3. The SMILES string of the molecule is C[C@@H](CN)NC(=O)C1CNC1. The van der Waals surface area contributed by atoms with Crippen LogP contribution in [0.15, 0.2) is 0 Å². The van der Waals surface area contributed by atoms with Gasteiger partial charge in [0.15, 0.2) is 0 Å². The molecule has 11 heavy (non-hydrogen) atoms. The number of hydrogen-bond donors (Lipinski definition) is 3. The Bertz CT molecular complexity index is 145. The van der Waals surface area contributed by atoms with E-state index in [9.17, 15) is 4.79 Å². The maximum Gasteiger partial charge on any atom is 0.225 e. The van der Waals surface area contributed by atoms with Gasteiger partial charge in [-0.1, -0.05) is 0 Å². The number of hydrogen-bond acceptors (Lipinski definition) is 3. The number of amides is 1. The van der Waals surface area contributed by atoms with Crippen LogP contribution in [0.4, 0.5) is 0 Å².